The second kappa shape index (κ2) is 4.00. The predicted octanol–water partition coefficient (Wildman–Crippen LogP) is 3.15. The van der Waals surface area contributed by atoms with Crippen LogP contribution in [-0.4, -0.2) is 23.5 Å². The fraction of sp³-hybridized carbons (Fsp3) is 1.00. The third-order valence-corrected chi connectivity index (χ3v) is 3.63. The minimum absolute atomic E-state index is 0.365. The van der Waals surface area contributed by atoms with Gasteiger partial charge in [0.15, 0.2) is 0 Å². The average molecular weight is 183 g/mol. The third-order valence-electron chi connectivity index (χ3n) is 3.63. The fourth-order valence-electron chi connectivity index (χ4n) is 2.07. The van der Waals surface area contributed by atoms with Crippen molar-refractivity contribution in [2.24, 2.45) is 11.8 Å². The summed E-state index contributed by atoms with van der Waals surface area (Å²) >= 11 is 0. The van der Waals surface area contributed by atoms with E-state index in [2.05, 4.69) is 39.5 Å². The first-order chi connectivity index (χ1) is 5.91. The highest BCUT2D eigenvalue weighted by Gasteiger charge is 2.26. The van der Waals surface area contributed by atoms with Gasteiger partial charge < -0.3 is 0 Å². The molecule has 13 heavy (non-hydrogen) atoms. The first kappa shape index (κ1) is 11.0. The van der Waals surface area contributed by atoms with Gasteiger partial charge in [-0.1, -0.05) is 13.8 Å². The average Bonchev–Trinajstić information content (AvgIpc) is 2.14. The number of hydrogen-bond acceptors (Lipinski definition) is 1. The molecule has 0 aromatic carbocycles. The lowest BCUT2D eigenvalue weighted by atomic mass is 9.92. The molecule has 78 valence electrons. The lowest BCUT2D eigenvalue weighted by molar-refractivity contribution is 0.140. The number of likely N-dealkylation sites (tertiary alicyclic amines) is 1. The summed E-state index contributed by atoms with van der Waals surface area (Å²) in [5, 5.41) is 0. The fourth-order valence-corrected chi connectivity index (χ4v) is 2.07. The van der Waals surface area contributed by atoms with Gasteiger partial charge in [-0.2, -0.15) is 0 Å². The van der Waals surface area contributed by atoms with E-state index in [1.54, 1.807) is 0 Å². The molecule has 1 aliphatic heterocycles. The van der Waals surface area contributed by atoms with Gasteiger partial charge >= 0.3 is 0 Å². The summed E-state index contributed by atoms with van der Waals surface area (Å²) < 4.78 is 0. The summed E-state index contributed by atoms with van der Waals surface area (Å²) in [5.41, 5.74) is 0.365. The van der Waals surface area contributed by atoms with Crippen molar-refractivity contribution in [2.45, 2.75) is 53.0 Å². The Kier molecular flexibility index (Phi) is 3.39. The maximum atomic E-state index is 2.63. The molecule has 0 aromatic heterocycles. The molecule has 0 spiro atoms. The molecule has 0 amide bonds. The van der Waals surface area contributed by atoms with Crippen molar-refractivity contribution in [1.29, 1.82) is 0 Å². The Morgan fingerprint density at radius 1 is 0.923 bits per heavy atom. The molecule has 1 fully saturated rings. The van der Waals surface area contributed by atoms with E-state index in [0.717, 1.165) is 11.8 Å². The minimum atomic E-state index is 0.365. The Hall–Kier alpha value is -0.0400. The molecule has 0 unspecified atom stereocenters. The normalized spacial score (nSPS) is 33.0. The molecule has 2 atom stereocenters. The summed E-state index contributed by atoms with van der Waals surface area (Å²) in [7, 11) is 0. The van der Waals surface area contributed by atoms with E-state index in [0.29, 0.717) is 5.54 Å². The summed E-state index contributed by atoms with van der Waals surface area (Å²) in [6.45, 7) is 14.4. The van der Waals surface area contributed by atoms with Crippen molar-refractivity contribution in [2.75, 3.05) is 13.1 Å². The molecule has 1 rings (SSSR count). The number of nitrogens with zero attached hydrogens (tertiary/aromatic N) is 1. The molecule has 1 heteroatoms. The zero-order chi connectivity index (χ0) is 10.1. The first-order valence-corrected chi connectivity index (χ1v) is 5.66. The van der Waals surface area contributed by atoms with Gasteiger partial charge in [0.2, 0.25) is 0 Å². The zero-order valence-corrected chi connectivity index (χ0v) is 9.93. The van der Waals surface area contributed by atoms with Crippen LogP contribution in [0.2, 0.25) is 0 Å². The molecule has 0 saturated carbocycles. The van der Waals surface area contributed by atoms with Gasteiger partial charge in [0.25, 0.3) is 0 Å². The molecule has 1 nitrogen and oxygen atoms in total. The maximum Gasteiger partial charge on any atom is 0.0125 e. The van der Waals surface area contributed by atoms with E-state index < -0.39 is 0 Å². The van der Waals surface area contributed by atoms with Gasteiger partial charge in [0, 0.05) is 5.54 Å². The highest BCUT2D eigenvalue weighted by atomic mass is 15.2. The van der Waals surface area contributed by atoms with E-state index >= 15 is 0 Å². The van der Waals surface area contributed by atoms with E-state index in [1.807, 2.05) is 0 Å². The van der Waals surface area contributed by atoms with Crippen LogP contribution in [0.5, 0.6) is 0 Å². The second-order valence-electron chi connectivity index (χ2n) is 5.69. The quantitative estimate of drug-likeness (QED) is 0.557. The lowest BCUT2D eigenvalue weighted by Crippen LogP contribution is -2.41. The Morgan fingerprint density at radius 3 is 1.62 bits per heavy atom. The Bertz CT molecular complexity index is 145. The van der Waals surface area contributed by atoms with E-state index in [9.17, 15) is 0 Å². The van der Waals surface area contributed by atoms with Crippen LogP contribution < -0.4 is 0 Å². The number of hydrogen-bond donors (Lipinski definition) is 0. The molecule has 1 saturated heterocycles. The van der Waals surface area contributed by atoms with Crippen LogP contribution in [-0.2, 0) is 0 Å². The van der Waals surface area contributed by atoms with Gasteiger partial charge in [-0.15, -0.1) is 0 Å². The maximum absolute atomic E-state index is 2.63. The van der Waals surface area contributed by atoms with Crippen LogP contribution in [0.3, 0.4) is 0 Å². The Balaban J connectivity index is 2.54. The van der Waals surface area contributed by atoms with Crippen LogP contribution in [0, 0.1) is 11.8 Å². The largest absolute Gasteiger partial charge is 0.298 e. The molecule has 0 aromatic rings. The van der Waals surface area contributed by atoms with Crippen LogP contribution >= 0.6 is 0 Å². The van der Waals surface area contributed by atoms with Crippen LogP contribution in [0.25, 0.3) is 0 Å². The molecule has 1 aliphatic rings. The Labute approximate surface area is 83.5 Å². The van der Waals surface area contributed by atoms with E-state index in [-0.39, 0.29) is 0 Å². The van der Waals surface area contributed by atoms with Gasteiger partial charge in [0.05, 0.1) is 0 Å². The second-order valence-corrected chi connectivity index (χ2v) is 5.69. The standard InChI is InChI=1S/C12H25N/c1-10-6-8-13(12(3,4)5)9-7-11(10)2/h10-11H,6-9H2,1-5H3/t10-,11-/m1/s1. The van der Waals surface area contributed by atoms with Crippen molar-refractivity contribution >= 4 is 0 Å². The monoisotopic (exact) mass is 183 g/mol. The molecular weight excluding hydrogens is 158 g/mol. The summed E-state index contributed by atoms with van der Waals surface area (Å²) in [5.74, 6) is 1.82. The molecular formula is C12H25N. The highest BCUT2D eigenvalue weighted by Crippen LogP contribution is 2.26. The third kappa shape index (κ3) is 2.98. The first-order valence-electron chi connectivity index (χ1n) is 5.66. The van der Waals surface area contributed by atoms with Gasteiger partial charge in [-0.05, 0) is 58.5 Å². The molecule has 0 radical (unpaired) electrons. The highest BCUT2D eigenvalue weighted by molar-refractivity contribution is 4.80. The van der Waals surface area contributed by atoms with Crippen LogP contribution in [0.1, 0.15) is 47.5 Å². The van der Waals surface area contributed by atoms with Gasteiger partial charge in [-0.25, -0.2) is 0 Å². The zero-order valence-electron chi connectivity index (χ0n) is 9.93. The van der Waals surface area contributed by atoms with Crippen molar-refractivity contribution in [3.8, 4) is 0 Å². The molecule has 0 aliphatic carbocycles. The summed E-state index contributed by atoms with van der Waals surface area (Å²) in [6.07, 6.45) is 2.75. The predicted molar refractivity (Wildman–Crippen MR) is 58.9 cm³/mol. The minimum Gasteiger partial charge on any atom is -0.298 e. The van der Waals surface area contributed by atoms with Crippen LogP contribution in [0.4, 0.5) is 0 Å². The SMILES string of the molecule is C[C@@H]1CCN(C(C)(C)C)CC[C@H]1C. The Morgan fingerprint density at radius 2 is 1.31 bits per heavy atom. The summed E-state index contributed by atoms with van der Waals surface area (Å²) in [6, 6.07) is 0. The van der Waals surface area contributed by atoms with Crippen molar-refractivity contribution in [1.82, 2.24) is 4.90 Å². The van der Waals surface area contributed by atoms with Gasteiger partial charge in [-0.3, -0.25) is 4.90 Å². The van der Waals surface area contributed by atoms with Gasteiger partial charge in [0.1, 0.15) is 0 Å². The molecule has 0 N–H and O–H groups in total. The lowest BCUT2D eigenvalue weighted by Gasteiger charge is -2.34. The topological polar surface area (TPSA) is 3.24 Å². The molecule has 0 bridgehead atoms. The van der Waals surface area contributed by atoms with Crippen molar-refractivity contribution in [3.05, 3.63) is 0 Å². The summed E-state index contributed by atoms with van der Waals surface area (Å²) in [4.78, 5) is 2.63. The number of rotatable bonds is 0. The van der Waals surface area contributed by atoms with Crippen LogP contribution in [0.15, 0.2) is 0 Å². The smallest absolute Gasteiger partial charge is 0.0125 e. The van der Waals surface area contributed by atoms with E-state index in [1.165, 1.54) is 25.9 Å². The van der Waals surface area contributed by atoms with E-state index in [4.69, 9.17) is 0 Å². The van der Waals surface area contributed by atoms with Crippen molar-refractivity contribution < 1.29 is 0 Å². The molecule has 1 heterocycles. The van der Waals surface area contributed by atoms with Crippen molar-refractivity contribution in [3.63, 3.8) is 0 Å².